The minimum atomic E-state index is -0.731. The normalized spacial score (nSPS) is 13.9. The van der Waals surface area contributed by atoms with Crippen LogP contribution >= 0.6 is 0 Å². The monoisotopic (exact) mass is 277 g/mol. The fourth-order valence-electron chi connectivity index (χ4n) is 2.40. The highest BCUT2D eigenvalue weighted by atomic mass is 19.1. The number of hydrogen-bond acceptors (Lipinski definition) is 3. The number of nitrogens with one attached hydrogen (secondary N) is 2. The van der Waals surface area contributed by atoms with Gasteiger partial charge < -0.3 is 5.32 Å². The third-order valence-electron chi connectivity index (χ3n) is 3.40. The predicted molar refractivity (Wildman–Crippen MR) is 71.1 cm³/mol. The van der Waals surface area contributed by atoms with Crippen molar-refractivity contribution in [2.75, 3.05) is 5.32 Å². The molecule has 0 spiro atoms. The predicted octanol–water partition coefficient (Wildman–Crippen LogP) is 2.67. The molecule has 1 heterocycles. The summed E-state index contributed by atoms with van der Waals surface area (Å²) in [6, 6.07) is 3.56. The largest absolute Gasteiger partial charge is 0.321 e. The Hall–Kier alpha value is -2.24. The molecule has 0 atom stereocenters. The molecule has 1 aromatic heterocycles. The third-order valence-corrected chi connectivity index (χ3v) is 3.40. The summed E-state index contributed by atoms with van der Waals surface area (Å²) in [6.07, 6.45) is 3.35. The number of halogens is 2. The van der Waals surface area contributed by atoms with Crippen molar-refractivity contribution in [1.82, 2.24) is 9.97 Å². The van der Waals surface area contributed by atoms with E-state index in [0.717, 1.165) is 25.0 Å². The van der Waals surface area contributed by atoms with E-state index in [2.05, 4.69) is 15.3 Å². The number of H-pyrrole nitrogens is 1. The number of rotatable bonds is 2. The maximum atomic E-state index is 13.6. The Bertz CT molecular complexity index is 692. The van der Waals surface area contributed by atoms with Crippen molar-refractivity contribution in [3.63, 3.8) is 0 Å². The highest BCUT2D eigenvalue weighted by Crippen LogP contribution is 2.22. The quantitative estimate of drug-likeness (QED) is 0.887. The zero-order valence-corrected chi connectivity index (χ0v) is 10.7. The molecule has 0 saturated heterocycles. The Kier molecular flexibility index (Phi) is 3.22. The first-order valence-corrected chi connectivity index (χ1v) is 6.48. The Labute approximate surface area is 113 Å². The molecule has 6 heteroatoms. The lowest BCUT2D eigenvalue weighted by Crippen LogP contribution is -2.22. The van der Waals surface area contributed by atoms with Crippen LogP contribution in [0.3, 0.4) is 0 Å². The first-order valence-electron chi connectivity index (χ1n) is 6.48. The van der Waals surface area contributed by atoms with Crippen molar-refractivity contribution in [2.45, 2.75) is 25.7 Å². The first-order chi connectivity index (χ1) is 9.65. The van der Waals surface area contributed by atoms with Crippen LogP contribution in [0, 0.1) is 11.6 Å². The van der Waals surface area contributed by atoms with E-state index in [0.29, 0.717) is 24.1 Å². The second-order valence-electron chi connectivity index (χ2n) is 4.77. The van der Waals surface area contributed by atoms with E-state index in [1.165, 1.54) is 6.07 Å². The molecule has 104 valence electrons. The molecule has 1 aliphatic rings. The van der Waals surface area contributed by atoms with Crippen molar-refractivity contribution >= 4 is 11.6 Å². The fourth-order valence-corrected chi connectivity index (χ4v) is 2.40. The Balaban J connectivity index is 2.00. The molecule has 1 aliphatic carbocycles. The standard InChI is InChI=1S/C14H13F2N3O/c15-9-5-3-6-10(16)12(9)18-14-17-11-7-2-1-4-8(11)13(20)19-14/h3,5-6H,1-2,4,7H2,(H2,17,18,19,20). The zero-order chi connectivity index (χ0) is 14.1. The maximum Gasteiger partial charge on any atom is 0.255 e. The molecule has 2 aromatic rings. The summed E-state index contributed by atoms with van der Waals surface area (Å²) in [6.45, 7) is 0. The van der Waals surface area contributed by atoms with Gasteiger partial charge in [0.25, 0.3) is 5.56 Å². The lowest BCUT2D eigenvalue weighted by atomic mass is 9.97. The molecule has 20 heavy (non-hydrogen) atoms. The summed E-state index contributed by atoms with van der Waals surface area (Å²) in [5.74, 6) is -1.39. The number of benzene rings is 1. The Morgan fingerprint density at radius 1 is 1.15 bits per heavy atom. The van der Waals surface area contributed by atoms with E-state index in [-0.39, 0.29) is 17.2 Å². The summed E-state index contributed by atoms with van der Waals surface area (Å²) in [5.41, 5.74) is 0.829. The van der Waals surface area contributed by atoms with Gasteiger partial charge in [-0.3, -0.25) is 9.78 Å². The SMILES string of the molecule is O=c1[nH]c(Nc2c(F)cccc2F)nc2c1CCCC2. The molecule has 0 fully saturated rings. The molecule has 0 radical (unpaired) electrons. The van der Waals surface area contributed by atoms with Crippen LogP contribution in [-0.2, 0) is 12.8 Å². The molecule has 3 rings (SSSR count). The Morgan fingerprint density at radius 2 is 1.85 bits per heavy atom. The van der Waals surface area contributed by atoms with Gasteiger partial charge in [-0.25, -0.2) is 13.8 Å². The second kappa shape index (κ2) is 5.03. The molecule has 2 N–H and O–H groups in total. The summed E-state index contributed by atoms with van der Waals surface area (Å²) in [4.78, 5) is 18.7. The number of aromatic amines is 1. The van der Waals surface area contributed by atoms with Crippen molar-refractivity contribution < 1.29 is 8.78 Å². The average Bonchev–Trinajstić information content (AvgIpc) is 2.43. The lowest BCUT2D eigenvalue weighted by molar-refractivity contribution is 0.590. The van der Waals surface area contributed by atoms with Crippen LogP contribution in [0.5, 0.6) is 0 Å². The summed E-state index contributed by atoms with van der Waals surface area (Å²) in [5, 5.41) is 2.51. The van der Waals surface area contributed by atoms with Gasteiger partial charge in [0.05, 0.1) is 5.69 Å². The van der Waals surface area contributed by atoms with Gasteiger partial charge in [0, 0.05) is 5.56 Å². The van der Waals surface area contributed by atoms with Crippen LogP contribution in [0.1, 0.15) is 24.1 Å². The van der Waals surface area contributed by atoms with E-state index in [9.17, 15) is 13.6 Å². The summed E-state index contributed by atoms with van der Waals surface area (Å²) < 4.78 is 27.1. The van der Waals surface area contributed by atoms with Crippen LogP contribution in [0.15, 0.2) is 23.0 Å². The van der Waals surface area contributed by atoms with Crippen molar-refractivity contribution in [3.8, 4) is 0 Å². The number of nitrogens with zero attached hydrogens (tertiary/aromatic N) is 1. The average molecular weight is 277 g/mol. The van der Waals surface area contributed by atoms with Gasteiger partial charge >= 0.3 is 0 Å². The van der Waals surface area contributed by atoms with Gasteiger partial charge in [-0.1, -0.05) is 6.07 Å². The van der Waals surface area contributed by atoms with E-state index in [4.69, 9.17) is 0 Å². The van der Waals surface area contributed by atoms with Crippen molar-refractivity contribution in [1.29, 1.82) is 0 Å². The zero-order valence-electron chi connectivity index (χ0n) is 10.7. The van der Waals surface area contributed by atoms with E-state index < -0.39 is 11.6 Å². The number of fused-ring (bicyclic) bond motifs is 1. The molecule has 0 saturated carbocycles. The second-order valence-corrected chi connectivity index (χ2v) is 4.77. The minimum absolute atomic E-state index is 0.0691. The number of hydrogen-bond donors (Lipinski definition) is 2. The highest BCUT2D eigenvalue weighted by molar-refractivity contribution is 5.55. The number of aromatic nitrogens is 2. The lowest BCUT2D eigenvalue weighted by Gasteiger charge is -2.15. The Morgan fingerprint density at radius 3 is 2.60 bits per heavy atom. The summed E-state index contributed by atoms with van der Waals surface area (Å²) in [7, 11) is 0. The molecular weight excluding hydrogens is 264 g/mol. The molecule has 0 amide bonds. The van der Waals surface area contributed by atoms with Gasteiger partial charge in [-0.15, -0.1) is 0 Å². The molecule has 0 bridgehead atoms. The van der Waals surface area contributed by atoms with Crippen LogP contribution in [0.2, 0.25) is 0 Å². The third kappa shape index (κ3) is 2.29. The van der Waals surface area contributed by atoms with Crippen molar-refractivity contribution in [3.05, 3.63) is 51.4 Å². The van der Waals surface area contributed by atoms with Crippen molar-refractivity contribution in [2.24, 2.45) is 0 Å². The van der Waals surface area contributed by atoms with Gasteiger partial charge in [0.2, 0.25) is 5.95 Å². The molecule has 0 aliphatic heterocycles. The van der Waals surface area contributed by atoms with Gasteiger partial charge in [0.15, 0.2) is 0 Å². The molecular formula is C14H13F2N3O. The molecule has 4 nitrogen and oxygen atoms in total. The topological polar surface area (TPSA) is 57.8 Å². The number of aryl methyl sites for hydroxylation is 1. The highest BCUT2D eigenvalue weighted by Gasteiger charge is 2.16. The number of para-hydroxylation sites is 1. The van der Waals surface area contributed by atoms with Crippen LogP contribution in [0.25, 0.3) is 0 Å². The van der Waals surface area contributed by atoms with E-state index in [1.54, 1.807) is 0 Å². The number of anilines is 2. The van der Waals surface area contributed by atoms with Crippen LogP contribution in [-0.4, -0.2) is 9.97 Å². The molecule has 0 unspecified atom stereocenters. The smallest absolute Gasteiger partial charge is 0.255 e. The summed E-state index contributed by atoms with van der Waals surface area (Å²) >= 11 is 0. The van der Waals surface area contributed by atoms with Gasteiger partial charge in [-0.2, -0.15) is 0 Å². The maximum absolute atomic E-state index is 13.6. The van der Waals surface area contributed by atoms with Gasteiger partial charge in [0.1, 0.15) is 17.3 Å². The minimum Gasteiger partial charge on any atom is -0.321 e. The van der Waals surface area contributed by atoms with Gasteiger partial charge in [-0.05, 0) is 37.8 Å². The van der Waals surface area contributed by atoms with E-state index in [1.807, 2.05) is 0 Å². The first kappa shape index (κ1) is 12.8. The fraction of sp³-hybridized carbons (Fsp3) is 0.286. The van der Waals surface area contributed by atoms with E-state index >= 15 is 0 Å². The molecule has 1 aromatic carbocycles. The van der Waals surface area contributed by atoms with Crippen LogP contribution < -0.4 is 10.9 Å². The van der Waals surface area contributed by atoms with Crippen LogP contribution in [0.4, 0.5) is 20.4 Å².